The van der Waals surface area contributed by atoms with Crippen LogP contribution in [0.2, 0.25) is 0 Å². The average Bonchev–Trinajstić information content (AvgIpc) is 1.51. The molecule has 4 aliphatic heterocycles. The molecule has 6 amide bonds. The molecule has 2 aromatic rings. The monoisotopic (exact) mass is 2120 g/mol. The highest BCUT2D eigenvalue weighted by atomic mass is 127. The molecule has 2 saturated carbocycles. The van der Waals surface area contributed by atoms with Crippen molar-refractivity contribution in [1.82, 2.24) is 26.3 Å². The number of hydroxylamine groups is 1. The van der Waals surface area contributed by atoms with Gasteiger partial charge in [-0.05, 0) is 178 Å². The summed E-state index contributed by atoms with van der Waals surface area (Å²) in [6.45, 7) is 20.6. The zero-order valence-corrected chi connectivity index (χ0v) is 86.1. The number of carbonyl (C=O) groups is 11. The normalized spacial score (nSPS) is 29.7. The van der Waals surface area contributed by atoms with Crippen molar-refractivity contribution < 1.29 is 145 Å². The molecule has 3 aliphatic carbocycles. The van der Waals surface area contributed by atoms with Crippen LogP contribution in [0.15, 0.2) is 47.6 Å². The van der Waals surface area contributed by atoms with E-state index < -0.39 is 214 Å². The number of likely N-dealkylation sites (N-methyl/N-ethyl adjacent to an activating group) is 1. The summed E-state index contributed by atoms with van der Waals surface area (Å²) in [6.07, 6.45) is -15.1. The van der Waals surface area contributed by atoms with E-state index in [1.807, 2.05) is 36.4 Å². The van der Waals surface area contributed by atoms with Gasteiger partial charge in [0.1, 0.15) is 72.2 Å². The zero-order chi connectivity index (χ0) is 102. The highest BCUT2D eigenvalue weighted by molar-refractivity contribution is 14.1. The number of hydrogen-bond donors (Lipinski definition) is 14. The molecule has 0 bridgehead atoms. The molecular formula is C96H138IN9O30S3. The third kappa shape index (κ3) is 29.1. The first-order valence-corrected chi connectivity index (χ1v) is 51.1. The Kier molecular flexibility index (Phi) is 43.6. The number of methoxy groups -OCH3 is 4. The standard InChI is InChI=1S/C96H138IN9O30S3/c1-17-106(93(122)129-46-56-26-28-59(29-27-56)103-86(116)58(24-21-37-102-92(100)121)42-64(109)75(48(2)3)104-87(117)57(40-50(5)107)23-18-19-36-98)63-47-128-70(44-68(63)124-13)134-83-78(114)76(105-136-71-43-65(110)85(55(10)130-71)138-89(120)72-52(7)74(97)81(84(127-16)80(72)125-14)135-90-79(115)82(126-15)77(113)54(9)132-90)53(8)131-91(83)133-67-25-20-22-49(4)32-34-95-61(41-51(6)108)66(111)45-96(95,123)60(73(67)95)33-39-137-139-94(11,12)35-38-101-69(112)31-30-62(99)88(118)119/h22,26-29,33,48,53-55,57-58,61-63,65,67-68,70-71,73,75-79,82-83,85,90-91,105,110,113-115,123H,17-19,21,23-24,30-31,35-47,98-99H2,1-16H3,(H,101,112)(H,103,116)(H,104,117)(H,118,119)(H3,100,102,121)/b49-22-,60-33+/t53-,54+,55-,57-,58-,61?,62+,63+,65+,67+,68+,70+,71+,73?,75+,76-,77+,78+,79-,82-,83-,85-,90+,91+,95?,96+/m1/s1. The summed E-state index contributed by atoms with van der Waals surface area (Å²) in [7, 11) is 8.37. The van der Waals surface area contributed by atoms with Gasteiger partial charge in [0.2, 0.25) is 34.9 Å². The van der Waals surface area contributed by atoms with Crippen LogP contribution in [0.25, 0.3) is 0 Å². The fourth-order valence-electron chi connectivity index (χ4n) is 18.6. The number of nitrogens with two attached hydrogens (primary N) is 3. The van der Waals surface area contributed by atoms with Crippen molar-refractivity contribution in [2.45, 2.75) is 312 Å². The van der Waals surface area contributed by atoms with Crippen LogP contribution in [0.1, 0.15) is 188 Å². The molecule has 26 atom stereocenters. The third-order valence-electron chi connectivity index (χ3n) is 26.2. The number of carboxylic acid groups (broad SMARTS) is 1. The molecule has 6 fully saturated rings. The lowest BCUT2D eigenvalue weighted by Crippen LogP contribution is -2.69. The minimum atomic E-state index is -1.95. The lowest BCUT2D eigenvalue weighted by molar-refractivity contribution is -0.343. The van der Waals surface area contributed by atoms with E-state index in [9.17, 15) is 83.4 Å². The number of carboxylic acids is 1. The molecule has 772 valence electrons. The summed E-state index contributed by atoms with van der Waals surface area (Å²) in [5.74, 6) is 4.94. The minimum Gasteiger partial charge on any atom is -0.492 e. The molecular weight excluding hydrogens is 1980 g/mol. The van der Waals surface area contributed by atoms with Crippen molar-refractivity contribution in [1.29, 1.82) is 0 Å². The fraction of sp³-hybridized carbons (Fsp3) is 0.677. The molecule has 4 saturated heterocycles. The van der Waals surface area contributed by atoms with Gasteiger partial charge in [-0.2, -0.15) is 5.48 Å². The number of aliphatic hydroxyl groups is 5. The van der Waals surface area contributed by atoms with Crippen molar-refractivity contribution in [2.24, 2.45) is 52.2 Å². The summed E-state index contributed by atoms with van der Waals surface area (Å²) >= 11 is 2.76. The van der Waals surface area contributed by atoms with Crippen LogP contribution in [0, 0.1) is 69.2 Å². The second-order valence-electron chi connectivity index (χ2n) is 37.1. The fourth-order valence-corrected chi connectivity index (χ4v) is 22.8. The number of allylic oxidation sites excluding steroid dienone is 2. The maximum absolute atomic E-state index is 14.8. The first-order valence-electron chi connectivity index (χ1n) is 46.8. The molecule has 43 heteroatoms. The van der Waals surface area contributed by atoms with E-state index in [0.29, 0.717) is 63.8 Å². The number of hydrogen-bond acceptors (Lipinski definition) is 35. The van der Waals surface area contributed by atoms with Gasteiger partial charge in [0.05, 0.1) is 89.3 Å². The quantitative estimate of drug-likeness (QED) is 0.00867. The van der Waals surface area contributed by atoms with Gasteiger partial charge in [-0.3, -0.25) is 38.4 Å². The van der Waals surface area contributed by atoms with Crippen LogP contribution in [-0.2, 0) is 92.4 Å². The number of primary amides is 1. The lowest BCUT2D eigenvalue weighted by Gasteiger charge is -2.60. The van der Waals surface area contributed by atoms with E-state index in [2.05, 4.69) is 50.4 Å². The van der Waals surface area contributed by atoms with Crippen LogP contribution in [0.4, 0.5) is 15.3 Å². The van der Waals surface area contributed by atoms with Crippen molar-refractivity contribution >= 4 is 126 Å². The Labute approximate surface area is 836 Å². The molecule has 0 aromatic heterocycles. The summed E-state index contributed by atoms with van der Waals surface area (Å²) in [5.41, 5.74) is 18.1. The Morgan fingerprint density at radius 3 is 2.12 bits per heavy atom. The molecule has 3 unspecified atom stereocenters. The number of anilines is 1. The first-order chi connectivity index (χ1) is 65.8. The van der Waals surface area contributed by atoms with Gasteiger partial charge in [0.15, 0.2) is 36.2 Å². The summed E-state index contributed by atoms with van der Waals surface area (Å²) in [6, 6.07) is 1.45. The molecule has 7 aliphatic rings. The Morgan fingerprint density at radius 2 is 1.49 bits per heavy atom. The number of carbonyl (C=O) groups excluding carboxylic acids is 10. The predicted molar refractivity (Wildman–Crippen MR) is 522 cm³/mol. The van der Waals surface area contributed by atoms with Crippen molar-refractivity contribution in [3.8, 4) is 40.9 Å². The number of rotatable bonds is 50. The van der Waals surface area contributed by atoms with E-state index in [1.165, 1.54) is 68.8 Å². The van der Waals surface area contributed by atoms with Gasteiger partial charge in [-0.1, -0.05) is 95.5 Å². The number of aliphatic carboxylic acids is 1. The van der Waals surface area contributed by atoms with Crippen molar-refractivity contribution in [3.63, 3.8) is 0 Å². The second kappa shape index (κ2) is 52.7. The van der Waals surface area contributed by atoms with Gasteiger partial charge in [-0.15, -0.1) is 0 Å². The van der Waals surface area contributed by atoms with E-state index in [4.69, 9.17) is 78.9 Å². The molecule has 0 radical (unpaired) electrons. The highest BCUT2D eigenvalue weighted by Gasteiger charge is 2.78. The number of nitrogens with one attached hydrogen (secondary N) is 5. The maximum Gasteiger partial charge on any atom is 0.410 e. The molecule has 4 heterocycles. The van der Waals surface area contributed by atoms with Gasteiger partial charge < -0.3 is 140 Å². The maximum atomic E-state index is 14.8. The third-order valence-corrected chi connectivity index (χ3v) is 32.0. The van der Waals surface area contributed by atoms with Gasteiger partial charge >= 0.3 is 18.1 Å². The lowest BCUT2D eigenvalue weighted by atomic mass is 9.44. The number of thioether (sulfide) groups is 1. The molecule has 139 heavy (non-hydrogen) atoms. The Bertz CT molecular complexity index is 4830. The Hall–Kier alpha value is -7.69. The van der Waals surface area contributed by atoms with Gasteiger partial charge in [0.25, 0.3) is 0 Å². The van der Waals surface area contributed by atoms with E-state index >= 15 is 0 Å². The number of unbranched alkanes of at least 4 members (excludes halogenated alkanes) is 1. The van der Waals surface area contributed by atoms with Crippen molar-refractivity contribution in [3.05, 3.63) is 67.8 Å². The van der Waals surface area contributed by atoms with Crippen LogP contribution in [0.3, 0.4) is 0 Å². The van der Waals surface area contributed by atoms with E-state index in [1.54, 1.807) is 91.8 Å². The van der Waals surface area contributed by atoms with Crippen LogP contribution >= 0.6 is 55.9 Å². The van der Waals surface area contributed by atoms with Gasteiger partial charge in [-0.25, -0.2) is 9.59 Å². The second-order valence-corrected chi connectivity index (χ2v) is 42.4. The van der Waals surface area contributed by atoms with Crippen LogP contribution in [-0.4, -0.2) is 299 Å². The number of nitrogens with zero attached hydrogens (tertiary/aromatic N) is 1. The summed E-state index contributed by atoms with van der Waals surface area (Å²) < 4.78 is 75.1. The minimum absolute atomic E-state index is 0.0121. The molecule has 39 nitrogen and oxygen atoms in total. The number of Topliss-reactive ketones (excluding diaryl/α,β-unsaturated/α-hetero) is 4. The number of ketones is 4. The van der Waals surface area contributed by atoms with E-state index in [-0.39, 0.29) is 143 Å². The number of ether oxygens (including phenoxy) is 12. The molecule has 2 aromatic carbocycles. The zero-order valence-electron chi connectivity index (χ0n) is 81.5. The summed E-state index contributed by atoms with van der Waals surface area (Å²) in [5, 5.41) is 79.3. The molecule has 1 spiro atoms. The van der Waals surface area contributed by atoms with E-state index in [0.717, 1.165) is 11.8 Å². The SMILES string of the molecule is CCN(C(=O)OCc1ccc(NC(=O)[C@H](CCCNC(N)=O)CC(=O)[C@@H](NC(=O)[C@H](CCCCN)CC(C)=O)C(C)C)cc1)[C@H]1CO[C@@H](O[C@H]2[C@H](O[C@H]3C#C/C=C(/C)C#CC45C(CC(C)=O)C(=O)C[C@]4(O)/C(=C/CSSC(C)(C)CCNC(=O)CC[C@H](N)C(=O)O)C35)O[C@H](C)[C@@H](NO[C@H]3C[C@H](O)[C@H](SC(=O)c4c(C)c(I)c(O[C@@H]5O[C@@H](C)[C@H](O)[C@@H](OC)[C@H]5O)c(OC)c4OC)[C@@H](C)O3)[C@@H]2O)C[C@@H]1OC. The summed E-state index contributed by atoms with van der Waals surface area (Å²) in [4.78, 5) is 155. The first kappa shape index (κ1) is 115. The van der Waals surface area contributed by atoms with Crippen molar-refractivity contribution in [2.75, 3.05) is 72.3 Å². The van der Waals surface area contributed by atoms with Crippen LogP contribution < -0.4 is 58.2 Å². The number of halogens is 1. The number of aliphatic hydroxyl groups excluding tert-OH is 4. The van der Waals surface area contributed by atoms with Crippen LogP contribution in [0.5, 0.6) is 17.2 Å². The molecule has 9 rings (SSSR count). The Balaban J connectivity index is 0.942. The molecule has 17 N–H and O–H groups in total. The van der Waals surface area contributed by atoms with Gasteiger partial charge in [0, 0.05) is 124 Å². The largest absolute Gasteiger partial charge is 0.492 e. The number of urea groups is 1. The Morgan fingerprint density at radius 1 is 0.799 bits per heavy atom. The smallest absolute Gasteiger partial charge is 0.410 e. The predicted octanol–water partition coefficient (Wildman–Crippen LogP) is 6.26. The number of benzene rings is 2. The average molecular weight is 2120 g/mol. The number of amides is 6. The highest BCUT2D eigenvalue weighted by Crippen LogP contribution is 2.70. The topological polar surface area (TPSA) is 571 Å².